The summed E-state index contributed by atoms with van der Waals surface area (Å²) in [5.41, 5.74) is 5.59. The molecule has 25 heavy (non-hydrogen) atoms. The monoisotopic (exact) mass is 356 g/mol. The molecule has 1 unspecified atom stereocenters. The summed E-state index contributed by atoms with van der Waals surface area (Å²) >= 11 is 1.69. The van der Waals surface area contributed by atoms with E-state index in [0.717, 1.165) is 31.5 Å². The second kappa shape index (κ2) is 7.28. The summed E-state index contributed by atoms with van der Waals surface area (Å²) in [6.07, 6.45) is 3.83. The summed E-state index contributed by atoms with van der Waals surface area (Å²) in [6.45, 7) is 9.37. The zero-order valence-electron chi connectivity index (χ0n) is 15.7. The molecular weight excluding hydrogens is 328 g/mol. The van der Waals surface area contributed by atoms with Crippen LogP contribution in [0.5, 0.6) is 0 Å². The number of hydrogen-bond donors (Lipinski definition) is 0. The lowest BCUT2D eigenvalue weighted by Crippen LogP contribution is -2.38. The summed E-state index contributed by atoms with van der Waals surface area (Å²) < 4.78 is 0. The van der Waals surface area contributed by atoms with Gasteiger partial charge in [-0.05, 0) is 42.7 Å². The Kier molecular flexibility index (Phi) is 5.28. The zero-order chi connectivity index (χ0) is 18.0. The van der Waals surface area contributed by atoms with Gasteiger partial charge in [0.25, 0.3) is 0 Å². The maximum Gasteiger partial charge on any atom is 0.223 e. The molecule has 0 spiro atoms. The first-order chi connectivity index (χ1) is 11.8. The summed E-state index contributed by atoms with van der Waals surface area (Å²) in [5, 5.41) is 0. The van der Waals surface area contributed by atoms with Crippen molar-refractivity contribution >= 4 is 17.2 Å². The van der Waals surface area contributed by atoms with Gasteiger partial charge in [0, 0.05) is 19.0 Å². The van der Waals surface area contributed by atoms with Crippen LogP contribution in [0.3, 0.4) is 0 Å². The minimum atomic E-state index is 0.0540. The fourth-order valence-electron chi connectivity index (χ4n) is 3.57. The predicted molar refractivity (Wildman–Crippen MR) is 105 cm³/mol. The van der Waals surface area contributed by atoms with Gasteiger partial charge in [0.2, 0.25) is 5.91 Å². The number of benzene rings is 1. The number of rotatable bonds is 4. The zero-order valence-corrected chi connectivity index (χ0v) is 16.5. The third-order valence-electron chi connectivity index (χ3n) is 4.81. The second-order valence-corrected chi connectivity index (χ2v) is 9.14. The van der Waals surface area contributed by atoms with Crippen molar-refractivity contribution in [3.05, 3.63) is 41.0 Å². The van der Waals surface area contributed by atoms with Crippen LogP contribution in [-0.4, -0.2) is 28.4 Å². The lowest BCUT2D eigenvalue weighted by molar-refractivity contribution is -0.133. The van der Waals surface area contributed by atoms with Gasteiger partial charge in [-0.2, -0.15) is 0 Å². The maximum atomic E-state index is 12.6. The van der Waals surface area contributed by atoms with Crippen molar-refractivity contribution in [3.63, 3.8) is 0 Å². The number of aryl methyl sites for hydroxylation is 1. The number of carbonyl (C=O) groups excluding carboxylic acids is 1. The molecule has 1 amide bonds. The van der Waals surface area contributed by atoms with Crippen LogP contribution < -0.4 is 0 Å². The molecule has 0 saturated carbocycles. The molecule has 1 aliphatic rings. The Bertz CT molecular complexity index is 727. The molecule has 1 atom stereocenters. The highest BCUT2D eigenvalue weighted by molar-refractivity contribution is 7.13. The van der Waals surface area contributed by atoms with E-state index in [4.69, 9.17) is 0 Å². The summed E-state index contributed by atoms with van der Waals surface area (Å²) in [4.78, 5) is 20.3. The minimum absolute atomic E-state index is 0.0540. The van der Waals surface area contributed by atoms with Crippen molar-refractivity contribution in [2.24, 2.45) is 5.41 Å². The summed E-state index contributed by atoms with van der Waals surface area (Å²) in [6, 6.07) is 9.14. The molecule has 134 valence electrons. The van der Waals surface area contributed by atoms with Crippen molar-refractivity contribution in [3.8, 4) is 10.4 Å². The molecule has 1 aromatic carbocycles. The van der Waals surface area contributed by atoms with Crippen molar-refractivity contribution in [1.82, 2.24) is 9.88 Å². The van der Waals surface area contributed by atoms with E-state index in [1.165, 1.54) is 16.0 Å². The molecule has 2 aromatic rings. The van der Waals surface area contributed by atoms with Crippen molar-refractivity contribution in [2.75, 3.05) is 6.54 Å². The number of carbonyl (C=O) groups is 1. The van der Waals surface area contributed by atoms with E-state index < -0.39 is 0 Å². The quantitative estimate of drug-likeness (QED) is 0.764. The standard InChI is InChI=1S/C21H28N2OS/c1-15-20(25-14-22-15)17-9-7-16(8-10-17)12-18-6-5-11-23(18)19(24)13-21(2,3)4/h7-10,14,18H,5-6,11-13H2,1-4H3. The molecule has 3 nitrogen and oxygen atoms in total. The first-order valence-corrected chi connectivity index (χ1v) is 10.0. The van der Waals surface area contributed by atoms with Gasteiger partial charge in [0.05, 0.1) is 16.1 Å². The Morgan fingerprint density at radius 3 is 2.60 bits per heavy atom. The van der Waals surface area contributed by atoms with E-state index in [1.807, 2.05) is 5.51 Å². The molecule has 3 rings (SSSR count). The average Bonchev–Trinajstić information content (AvgIpc) is 3.15. The summed E-state index contributed by atoms with van der Waals surface area (Å²) in [5.74, 6) is 0.312. The fraction of sp³-hybridized carbons (Fsp3) is 0.524. The van der Waals surface area contributed by atoms with Crippen LogP contribution in [0.15, 0.2) is 29.8 Å². The van der Waals surface area contributed by atoms with Gasteiger partial charge in [0.15, 0.2) is 0 Å². The van der Waals surface area contributed by atoms with Crippen molar-refractivity contribution in [2.45, 2.75) is 59.4 Å². The number of aromatic nitrogens is 1. The first-order valence-electron chi connectivity index (χ1n) is 9.12. The van der Waals surface area contributed by atoms with Gasteiger partial charge >= 0.3 is 0 Å². The smallest absolute Gasteiger partial charge is 0.223 e. The number of hydrogen-bond acceptors (Lipinski definition) is 3. The fourth-order valence-corrected chi connectivity index (χ4v) is 4.39. The van der Waals surface area contributed by atoms with Crippen LogP contribution in [0.1, 0.15) is 51.3 Å². The van der Waals surface area contributed by atoms with E-state index >= 15 is 0 Å². The number of likely N-dealkylation sites (tertiary alicyclic amines) is 1. The normalized spacial score (nSPS) is 17.9. The average molecular weight is 357 g/mol. The van der Waals surface area contributed by atoms with Crippen molar-refractivity contribution in [1.29, 1.82) is 0 Å². The van der Waals surface area contributed by atoms with Gasteiger partial charge in [0.1, 0.15) is 0 Å². The Hall–Kier alpha value is -1.68. The first kappa shape index (κ1) is 18.1. The third-order valence-corrected chi connectivity index (χ3v) is 5.79. The molecule has 2 heterocycles. The highest BCUT2D eigenvalue weighted by Gasteiger charge is 2.30. The number of thiazole rings is 1. The Balaban J connectivity index is 1.67. The van der Waals surface area contributed by atoms with E-state index in [-0.39, 0.29) is 5.41 Å². The van der Waals surface area contributed by atoms with Crippen molar-refractivity contribution < 1.29 is 4.79 Å². The second-order valence-electron chi connectivity index (χ2n) is 8.29. The third kappa shape index (κ3) is 4.49. The van der Waals surface area contributed by atoms with Gasteiger partial charge in [-0.15, -0.1) is 11.3 Å². The van der Waals surface area contributed by atoms with Gasteiger partial charge in [-0.25, -0.2) is 4.98 Å². The highest BCUT2D eigenvalue weighted by atomic mass is 32.1. The van der Waals surface area contributed by atoms with E-state index in [0.29, 0.717) is 18.4 Å². The molecular formula is C21H28N2OS. The van der Waals surface area contributed by atoms with E-state index in [2.05, 4.69) is 61.8 Å². The Labute approximate surface area is 155 Å². The molecule has 1 saturated heterocycles. The van der Waals surface area contributed by atoms with Crippen LogP contribution >= 0.6 is 11.3 Å². The van der Waals surface area contributed by atoms with E-state index in [9.17, 15) is 4.79 Å². The topological polar surface area (TPSA) is 33.2 Å². The molecule has 1 aliphatic heterocycles. The SMILES string of the molecule is Cc1ncsc1-c1ccc(CC2CCCN2C(=O)CC(C)(C)C)cc1. The lowest BCUT2D eigenvalue weighted by Gasteiger charge is -2.28. The lowest BCUT2D eigenvalue weighted by atomic mass is 9.91. The van der Waals surface area contributed by atoms with Crippen LogP contribution in [-0.2, 0) is 11.2 Å². The minimum Gasteiger partial charge on any atom is -0.339 e. The summed E-state index contributed by atoms with van der Waals surface area (Å²) in [7, 11) is 0. The largest absolute Gasteiger partial charge is 0.339 e. The van der Waals surface area contributed by atoms with Crippen LogP contribution in [0.4, 0.5) is 0 Å². The molecule has 1 aromatic heterocycles. The molecule has 0 bridgehead atoms. The van der Waals surface area contributed by atoms with Gasteiger partial charge in [-0.3, -0.25) is 4.79 Å². The highest BCUT2D eigenvalue weighted by Crippen LogP contribution is 2.29. The number of amides is 1. The Morgan fingerprint density at radius 2 is 2.00 bits per heavy atom. The van der Waals surface area contributed by atoms with Crippen LogP contribution in [0, 0.1) is 12.3 Å². The Morgan fingerprint density at radius 1 is 1.28 bits per heavy atom. The molecule has 0 N–H and O–H groups in total. The van der Waals surface area contributed by atoms with Crippen LogP contribution in [0.25, 0.3) is 10.4 Å². The molecule has 0 radical (unpaired) electrons. The maximum absolute atomic E-state index is 12.6. The van der Waals surface area contributed by atoms with Gasteiger partial charge in [-0.1, -0.05) is 45.0 Å². The molecule has 4 heteroatoms. The van der Waals surface area contributed by atoms with Gasteiger partial charge < -0.3 is 4.90 Å². The predicted octanol–water partition coefficient (Wildman–Crippen LogP) is 5.09. The van der Waals surface area contributed by atoms with E-state index in [1.54, 1.807) is 11.3 Å². The molecule has 0 aliphatic carbocycles. The molecule has 1 fully saturated rings. The number of nitrogens with zero attached hydrogens (tertiary/aromatic N) is 2. The van der Waals surface area contributed by atoms with Crippen LogP contribution in [0.2, 0.25) is 0 Å².